The molecule has 2 aromatic rings. The minimum atomic E-state index is -0.745. The van der Waals surface area contributed by atoms with Gasteiger partial charge in [0.1, 0.15) is 11.4 Å². The first-order chi connectivity index (χ1) is 12.6. The Kier molecular flexibility index (Phi) is 4.39. The van der Waals surface area contributed by atoms with Crippen molar-refractivity contribution in [2.24, 2.45) is 0 Å². The second-order valence-corrected chi connectivity index (χ2v) is 7.62. The predicted octanol–water partition coefficient (Wildman–Crippen LogP) is 0.530. The molecule has 138 valence electrons. The van der Waals surface area contributed by atoms with Gasteiger partial charge in [-0.15, -0.1) is 5.10 Å². The molecule has 26 heavy (non-hydrogen) atoms. The Morgan fingerprint density at radius 2 is 1.92 bits per heavy atom. The van der Waals surface area contributed by atoms with Gasteiger partial charge in [0.25, 0.3) is 5.56 Å². The Balaban J connectivity index is 1.55. The number of Topliss-reactive ketones (excluding diaryl/α,β-unsaturated/α-hetero) is 1. The third-order valence-corrected chi connectivity index (χ3v) is 5.77. The number of ketones is 1. The molecule has 0 saturated heterocycles. The quantitative estimate of drug-likeness (QED) is 0.548. The van der Waals surface area contributed by atoms with Crippen molar-refractivity contribution in [3.05, 3.63) is 26.4 Å². The molecule has 0 unspecified atom stereocenters. The monoisotopic (exact) mass is 377 g/mol. The molecule has 3 N–H and O–H groups in total. The number of nitrogens with two attached hydrogens (primary N) is 1. The van der Waals surface area contributed by atoms with E-state index >= 15 is 0 Å². The first-order valence-electron chi connectivity index (χ1n) is 8.64. The first-order valence-corrected chi connectivity index (χ1v) is 9.63. The lowest BCUT2D eigenvalue weighted by Gasteiger charge is -2.12. The molecule has 10 nitrogen and oxygen atoms in total. The summed E-state index contributed by atoms with van der Waals surface area (Å²) in [5, 5.41) is 12.3. The van der Waals surface area contributed by atoms with Crippen LogP contribution in [0.3, 0.4) is 0 Å². The van der Waals surface area contributed by atoms with Crippen molar-refractivity contribution < 1.29 is 4.79 Å². The first kappa shape index (κ1) is 17.0. The highest BCUT2D eigenvalue weighted by molar-refractivity contribution is 7.99. The van der Waals surface area contributed by atoms with Gasteiger partial charge in [0, 0.05) is 6.04 Å². The molecule has 11 heteroatoms. The van der Waals surface area contributed by atoms with Crippen LogP contribution in [-0.4, -0.2) is 41.3 Å². The lowest BCUT2D eigenvalue weighted by atomic mass is 10.2. The molecule has 0 radical (unpaired) electrons. The minimum Gasteiger partial charge on any atom is -0.384 e. The number of H-pyrrole nitrogens is 1. The van der Waals surface area contributed by atoms with E-state index in [2.05, 4.69) is 20.5 Å². The second-order valence-electron chi connectivity index (χ2n) is 6.68. The van der Waals surface area contributed by atoms with Crippen LogP contribution in [0.15, 0.2) is 14.7 Å². The summed E-state index contributed by atoms with van der Waals surface area (Å²) in [6, 6.07) is 0.223. The molecule has 0 bridgehead atoms. The SMILES string of the molecule is Nc1c(C(=O)CSc2nnnn2C2CCCC2)c(=O)[nH]c(=O)n1C1CC1. The minimum absolute atomic E-state index is 0.0246. The Hall–Kier alpha value is -2.43. The van der Waals surface area contributed by atoms with E-state index in [1.165, 1.54) is 16.3 Å². The number of nitrogen functional groups attached to an aromatic ring is 1. The van der Waals surface area contributed by atoms with Crippen molar-refractivity contribution in [3.8, 4) is 0 Å². The van der Waals surface area contributed by atoms with Crippen LogP contribution in [0.25, 0.3) is 0 Å². The number of rotatable bonds is 6. The topological polar surface area (TPSA) is 142 Å². The molecule has 2 heterocycles. The van der Waals surface area contributed by atoms with Gasteiger partial charge in [0.15, 0.2) is 5.78 Å². The highest BCUT2D eigenvalue weighted by atomic mass is 32.2. The molecule has 2 aliphatic rings. The van der Waals surface area contributed by atoms with Crippen LogP contribution in [0, 0.1) is 0 Å². The summed E-state index contributed by atoms with van der Waals surface area (Å²) in [5.74, 6) is -0.519. The van der Waals surface area contributed by atoms with E-state index in [1.807, 2.05) is 0 Å². The molecular weight excluding hydrogens is 358 g/mol. The van der Waals surface area contributed by atoms with Gasteiger partial charge >= 0.3 is 5.69 Å². The third kappa shape index (κ3) is 3.06. The molecule has 2 fully saturated rings. The van der Waals surface area contributed by atoms with E-state index in [4.69, 9.17) is 5.73 Å². The zero-order valence-corrected chi connectivity index (χ0v) is 14.9. The maximum absolute atomic E-state index is 12.6. The number of hydrogen-bond acceptors (Lipinski definition) is 8. The largest absolute Gasteiger partial charge is 0.384 e. The van der Waals surface area contributed by atoms with Crippen LogP contribution in [0.2, 0.25) is 0 Å². The fourth-order valence-corrected chi connectivity index (χ4v) is 4.21. The van der Waals surface area contributed by atoms with Crippen molar-refractivity contribution in [3.63, 3.8) is 0 Å². The average molecular weight is 377 g/mol. The predicted molar refractivity (Wildman–Crippen MR) is 94.4 cm³/mol. The number of anilines is 1. The number of thioether (sulfide) groups is 1. The molecule has 0 spiro atoms. The standard InChI is InChI=1S/C15H19N7O3S/c16-12-11(13(24)17-14(25)21(12)8-5-6-8)10(23)7-26-15-18-19-20-22(15)9-3-1-2-4-9/h8-9H,1-7,16H2,(H,17,24,25). The van der Waals surface area contributed by atoms with Crippen molar-refractivity contribution in [2.75, 3.05) is 11.5 Å². The number of aromatic amines is 1. The highest BCUT2D eigenvalue weighted by Gasteiger charge is 2.30. The van der Waals surface area contributed by atoms with Gasteiger partial charge in [-0.3, -0.25) is 19.1 Å². The Labute approximate surface area is 152 Å². The number of tetrazole rings is 1. The van der Waals surface area contributed by atoms with Gasteiger partial charge < -0.3 is 5.73 Å². The van der Waals surface area contributed by atoms with Crippen LogP contribution in [0.4, 0.5) is 5.82 Å². The van der Waals surface area contributed by atoms with Crippen molar-refractivity contribution >= 4 is 23.4 Å². The number of nitrogens with one attached hydrogen (secondary N) is 1. The molecule has 0 aromatic carbocycles. The van der Waals surface area contributed by atoms with Gasteiger partial charge in [0.05, 0.1) is 11.8 Å². The molecule has 4 rings (SSSR count). The van der Waals surface area contributed by atoms with Gasteiger partial charge in [0.2, 0.25) is 5.16 Å². The third-order valence-electron chi connectivity index (χ3n) is 4.84. The molecule has 0 amide bonds. The second kappa shape index (κ2) is 6.71. The van der Waals surface area contributed by atoms with Crippen LogP contribution < -0.4 is 17.0 Å². The molecular formula is C15H19N7O3S. The normalized spacial score (nSPS) is 17.7. The van der Waals surface area contributed by atoms with Crippen molar-refractivity contribution in [1.82, 2.24) is 29.8 Å². The summed E-state index contributed by atoms with van der Waals surface area (Å²) in [5.41, 5.74) is 4.50. The maximum Gasteiger partial charge on any atom is 0.330 e. The molecule has 2 aromatic heterocycles. The number of carbonyl (C=O) groups excluding carboxylic acids is 1. The number of aromatic nitrogens is 6. The van der Waals surface area contributed by atoms with E-state index in [0.717, 1.165) is 38.5 Å². The van der Waals surface area contributed by atoms with Gasteiger partial charge in [-0.25, -0.2) is 9.48 Å². The van der Waals surface area contributed by atoms with Crippen LogP contribution in [0.1, 0.15) is 61.0 Å². The molecule has 2 aliphatic carbocycles. The summed E-state index contributed by atoms with van der Waals surface area (Å²) in [6.45, 7) is 0. The van der Waals surface area contributed by atoms with Crippen LogP contribution in [0.5, 0.6) is 0 Å². The average Bonchev–Trinajstić information content (AvgIpc) is 3.10. The zero-order valence-electron chi connectivity index (χ0n) is 14.1. The van der Waals surface area contributed by atoms with Gasteiger partial charge in [-0.1, -0.05) is 24.6 Å². The smallest absolute Gasteiger partial charge is 0.330 e. The van der Waals surface area contributed by atoms with Crippen LogP contribution >= 0.6 is 11.8 Å². The lowest BCUT2D eigenvalue weighted by molar-refractivity contribution is 0.102. The number of hydrogen-bond donors (Lipinski definition) is 2. The maximum atomic E-state index is 12.6. The van der Waals surface area contributed by atoms with Gasteiger partial charge in [-0.05, 0) is 36.1 Å². The Bertz CT molecular complexity index is 953. The molecule has 2 saturated carbocycles. The molecule has 0 aliphatic heterocycles. The van der Waals surface area contributed by atoms with Gasteiger partial charge in [-0.2, -0.15) is 0 Å². The fourth-order valence-electron chi connectivity index (χ4n) is 3.39. The number of carbonyl (C=O) groups is 1. The highest BCUT2D eigenvalue weighted by Crippen LogP contribution is 2.35. The van der Waals surface area contributed by atoms with Crippen molar-refractivity contribution in [2.45, 2.75) is 55.8 Å². The van der Waals surface area contributed by atoms with E-state index < -0.39 is 17.0 Å². The Morgan fingerprint density at radius 1 is 1.19 bits per heavy atom. The van der Waals surface area contributed by atoms with E-state index in [1.54, 1.807) is 4.68 Å². The van der Waals surface area contributed by atoms with Crippen molar-refractivity contribution in [1.29, 1.82) is 0 Å². The summed E-state index contributed by atoms with van der Waals surface area (Å²) in [4.78, 5) is 38.8. The van der Waals surface area contributed by atoms with E-state index in [-0.39, 0.29) is 29.2 Å². The van der Waals surface area contributed by atoms with E-state index in [9.17, 15) is 14.4 Å². The molecule has 0 atom stereocenters. The summed E-state index contributed by atoms with van der Waals surface area (Å²) >= 11 is 1.18. The summed E-state index contributed by atoms with van der Waals surface area (Å²) in [7, 11) is 0. The van der Waals surface area contributed by atoms with Crippen LogP contribution in [-0.2, 0) is 0 Å². The van der Waals surface area contributed by atoms with E-state index in [0.29, 0.717) is 5.16 Å². The fraction of sp³-hybridized carbons (Fsp3) is 0.600. The zero-order chi connectivity index (χ0) is 18.3. The summed E-state index contributed by atoms with van der Waals surface area (Å²) < 4.78 is 3.06. The Morgan fingerprint density at radius 3 is 2.62 bits per heavy atom. The summed E-state index contributed by atoms with van der Waals surface area (Å²) in [6.07, 6.45) is 5.95. The lowest BCUT2D eigenvalue weighted by Crippen LogP contribution is -2.36. The number of nitrogens with zero attached hydrogens (tertiary/aromatic N) is 5.